The molecule has 2 aromatic carbocycles. The largest absolute Gasteiger partial charge is 0.492 e. The molecule has 0 spiro atoms. The van der Waals surface area contributed by atoms with E-state index in [1.807, 2.05) is 24.3 Å². The molecule has 106 valence electrons. The van der Waals surface area contributed by atoms with Crippen molar-refractivity contribution in [1.82, 2.24) is 0 Å². The summed E-state index contributed by atoms with van der Waals surface area (Å²) in [6.07, 6.45) is 2.27. The fourth-order valence-corrected chi connectivity index (χ4v) is 2.16. The first-order valence-corrected chi connectivity index (χ1v) is 7.29. The van der Waals surface area contributed by atoms with E-state index >= 15 is 0 Å². The summed E-state index contributed by atoms with van der Waals surface area (Å²) < 4.78 is 5.67. The highest BCUT2D eigenvalue weighted by Crippen LogP contribution is 2.18. The van der Waals surface area contributed by atoms with Gasteiger partial charge in [-0.15, -0.1) is 0 Å². The molecule has 1 atom stereocenters. The predicted molar refractivity (Wildman–Crippen MR) is 84.3 cm³/mol. The van der Waals surface area contributed by atoms with Crippen LogP contribution in [0.1, 0.15) is 30.5 Å². The Kier molecular flexibility index (Phi) is 5.45. The highest BCUT2D eigenvalue weighted by molar-refractivity contribution is 6.30. The summed E-state index contributed by atoms with van der Waals surface area (Å²) >= 11 is 5.83. The Balaban J connectivity index is 1.90. The average molecular weight is 290 g/mol. The first-order valence-electron chi connectivity index (χ1n) is 6.92. The van der Waals surface area contributed by atoms with Gasteiger partial charge in [-0.3, -0.25) is 0 Å². The van der Waals surface area contributed by atoms with E-state index in [2.05, 4.69) is 31.2 Å². The molecular formula is C17H20ClNO. The lowest BCUT2D eigenvalue weighted by Gasteiger charge is -2.14. The van der Waals surface area contributed by atoms with Crippen LogP contribution in [-0.2, 0) is 6.42 Å². The highest BCUT2D eigenvalue weighted by Gasteiger charge is 2.07. The fourth-order valence-electron chi connectivity index (χ4n) is 2.03. The van der Waals surface area contributed by atoms with Crippen molar-refractivity contribution in [3.63, 3.8) is 0 Å². The zero-order valence-electron chi connectivity index (χ0n) is 11.7. The number of hydrogen-bond acceptors (Lipinski definition) is 2. The molecule has 2 N–H and O–H groups in total. The third-order valence-electron chi connectivity index (χ3n) is 3.19. The van der Waals surface area contributed by atoms with Crippen molar-refractivity contribution in [2.24, 2.45) is 5.73 Å². The van der Waals surface area contributed by atoms with Gasteiger partial charge in [-0.2, -0.15) is 0 Å². The van der Waals surface area contributed by atoms with Crippen LogP contribution >= 0.6 is 11.6 Å². The monoisotopic (exact) mass is 289 g/mol. The van der Waals surface area contributed by atoms with Crippen molar-refractivity contribution in [2.45, 2.75) is 25.8 Å². The van der Waals surface area contributed by atoms with E-state index in [9.17, 15) is 0 Å². The molecule has 2 nitrogen and oxygen atoms in total. The molecule has 0 aromatic heterocycles. The summed E-state index contributed by atoms with van der Waals surface area (Å²) in [6.45, 7) is 2.63. The number of nitrogens with two attached hydrogens (primary N) is 1. The number of aryl methyl sites for hydroxylation is 1. The number of halogens is 1. The SMILES string of the molecule is CCCc1ccc(C(N)COc2ccc(Cl)cc2)cc1. The van der Waals surface area contributed by atoms with Crippen LogP contribution in [0, 0.1) is 0 Å². The van der Waals surface area contributed by atoms with Crippen LogP contribution in [0.5, 0.6) is 5.75 Å². The van der Waals surface area contributed by atoms with Gasteiger partial charge in [0.2, 0.25) is 0 Å². The average Bonchev–Trinajstić information content (AvgIpc) is 2.47. The molecule has 1 unspecified atom stereocenters. The van der Waals surface area contributed by atoms with Crippen LogP contribution in [0.4, 0.5) is 0 Å². The Hall–Kier alpha value is -1.51. The lowest BCUT2D eigenvalue weighted by atomic mass is 10.0. The number of benzene rings is 2. The van der Waals surface area contributed by atoms with E-state index in [4.69, 9.17) is 22.1 Å². The molecule has 2 rings (SSSR count). The van der Waals surface area contributed by atoms with Crippen LogP contribution < -0.4 is 10.5 Å². The van der Waals surface area contributed by atoms with Gasteiger partial charge in [0.1, 0.15) is 12.4 Å². The molecule has 0 heterocycles. The second kappa shape index (κ2) is 7.32. The van der Waals surface area contributed by atoms with Crippen molar-refractivity contribution in [3.05, 3.63) is 64.7 Å². The molecule has 0 aliphatic heterocycles. The first-order chi connectivity index (χ1) is 9.69. The molecule has 2 aromatic rings. The second-order valence-corrected chi connectivity index (χ2v) is 5.30. The van der Waals surface area contributed by atoms with E-state index in [0.717, 1.165) is 24.2 Å². The van der Waals surface area contributed by atoms with E-state index in [1.165, 1.54) is 5.56 Å². The summed E-state index contributed by atoms with van der Waals surface area (Å²) in [6, 6.07) is 15.6. The van der Waals surface area contributed by atoms with Gasteiger partial charge in [-0.25, -0.2) is 0 Å². The Labute approximate surface area is 125 Å². The van der Waals surface area contributed by atoms with E-state index in [0.29, 0.717) is 11.6 Å². The standard InChI is InChI=1S/C17H20ClNO/c1-2-3-13-4-6-14(7-5-13)17(19)12-20-16-10-8-15(18)9-11-16/h4-11,17H,2-3,12,19H2,1H3. The minimum atomic E-state index is -0.124. The van der Waals surface area contributed by atoms with Crippen LogP contribution in [0.2, 0.25) is 5.02 Å². The number of ether oxygens (including phenoxy) is 1. The molecule has 0 aliphatic rings. The normalized spacial score (nSPS) is 12.2. The van der Waals surface area contributed by atoms with Gasteiger partial charge in [0, 0.05) is 5.02 Å². The third kappa shape index (κ3) is 4.26. The maximum atomic E-state index is 6.15. The zero-order valence-corrected chi connectivity index (χ0v) is 12.4. The summed E-state index contributed by atoms with van der Waals surface area (Å²) in [7, 11) is 0. The van der Waals surface area contributed by atoms with Crippen molar-refractivity contribution in [2.75, 3.05) is 6.61 Å². The fraction of sp³-hybridized carbons (Fsp3) is 0.294. The molecule has 0 saturated carbocycles. The van der Waals surface area contributed by atoms with Crippen molar-refractivity contribution in [1.29, 1.82) is 0 Å². The maximum Gasteiger partial charge on any atom is 0.119 e. The quantitative estimate of drug-likeness (QED) is 0.857. The van der Waals surface area contributed by atoms with Crippen molar-refractivity contribution >= 4 is 11.6 Å². The second-order valence-electron chi connectivity index (χ2n) is 4.86. The summed E-state index contributed by atoms with van der Waals surface area (Å²) in [5.74, 6) is 0.785. The molecule has 20 heavy (non-hydrogen) atoms. The maximum absolute atomic E-state index is 6.15. The Morgan fingerprint density at radius 1 is 1.05 bits per heavy atom. The molecular weight excluding hydrogens is 270 g/mol. The lowest BCUT2D eigenvalue weighted by Crippen LogP contribution is -2.18. The van der Waals surface area contributed by atoms with Crippen LogP contribution in [0.15, 0.2) is 48.5 Å². The minimum absolute atomic E-state index is 0.124. The first kappa shape index (κ1) is 14.9. The Bertz CT molecular complexity index is 522. The summed E-state index contributed by atoms with van der Waals surface area (Å²) in [5, 5.41) is 0.702. The van der Waals surface area contributed by atoms with Gasteiger partial charge in [0.15, 0.2) is 0 Å². The lowest BCUT2D eigenvalue weighted by molar-refractivity contribution is 0.290. The van der Waals surface area contributed by atoms with Crippen molar-refractivity contribution < 1.29 is 4.74 Å². The number of rotatable bonds is 6. The van der Waals surface area contributed by atoms with Crippen LogP contribution in [-0.4, -0.2) is 6.61 Å². The third-order valence-corrected chi connectivity index (χ3v) is 3.44. The molecule has 0 aliphatic carbocycles. The Morgan fingerprint density at radius 2 is 1.70 bits per heavy atom. The minimum Gasteiger partial charge on any atom is -0.492 e. The van der Waals surface area contributed by atoms with Gasteiger partial charge in [0.05, 0.1) is 6.04 Å². The Morgan fingerprint density at radius 3 is 2.30 bits per heavy atom. The van der Waals surface area contributed by atoms with Crippen LogP contribution in [0.3, 0.4) is 0 Å². The van der Waals surface area contributed by atoms with Crippen molar-refractivity contribution in [3.8, 4) is 5.75 Å². The van der Waals surface area contributed by atoms with Crippen LogP contribution in [0.25, 0.3) is 0 Å². The molecule has 0 radical (unpaired) electrons. The molecule has 0 bridgehead atoms. The molecule has 0 fully saturated rings. The van der Waals surface area contributed by atoms with Gasteiger partial charge >= 0.3 is 0 Å². The molecule has 0 saturated heterocycles. The smallest absolute Gasteiger partial charge is 0.119 e. The number of hydrogen-bond donors (Lipinski definition) is 1. The van der Waals surface area contributed by atoms with Gasteiger partial charge in [0.25, 0.3) is 0 Å². The van der Waals surface area contributed by atoms with Gasteiger partial charge in [-0.05, 0) is 41.8 Å². The topological polar surface area (TPSA) is 35.2 Å². The summed E-state index contributed by atoms with van der Waals surface area (Å²) in [4.78, 5) is 0. The predicted octanol–water partition coefficient (Wildman–Crippen LogP) is 4.37. The van der Waals surface area contributed by atoms with E-state index in [1.54, 1.807) is 0 Å². The molecule has 3 heteroatoms. The summed E-state index contributed by atoms with van der Waals surface area (Å²) in [5.41, 5.74) is 8.59. The van der Waals surface area contributed by atoms with E-state index in [-0.39, 0.29) is 6.04 Å². The zero-order chi connectivity index (χ0) is 14.4. The van der Waals surface area contributed by atoms with Gasteiger partial charge in [-0.1, -0.05) is 49.2 Å². The van der Waals surface area contributed by atoms with E-state index < -0.39 is 0 Å². The highest BCUT2D eigenvalue weighted by atomic mass is 35.5. The van der Waals surface area contributed by atoms with Gasteiger partial charge < -0.3 is 10.5 Å². The molecule has 0 amide bonds.